The fourth-order valence-electron chi connectivity index (χ4n) is 3.34. The number of nitrogens with two attached hydrogens (primary N) is 1. The highest BCUT2D eigenvalue weighted by molar-refractivity contribution is 5.28. The van der Waals surface area contributed by atoms with Gasteiger partial charge in [-0.25, -0.2) is 0 Å². The maximum absolute atomic E-state index is 5.74. The third kappa shape index (κ3) is 6.52. The molecule has 1 rings (SSSR count). The average molecular weight is 304 g/mol. The van der Waals surface area contributed by atoms with Gasteiger partial charge < -0.3 is 5.73 Å². The largest absolute Gasteiger partial charge is 0.326 e. The normalized spacial score (nSPS) is 11.8. The summed E-state index contributed by atoms with van der Waals surface area (Å²) in [4.78, 5) is 0. The van der Waals surface area contributed by atoms with Crippen molar-refractivity contribution in [1.29, 1.82) is 0 Å². The summed E-state index contributed by atoms with van der Waals surface area (Å²) in [5.41, 5.74) is 8.83. The van der Waals surface area contributed by atoms with Crippen LogP contribution in [-0.2, 0) is 12.0 Å². The number of hydrogen-bond acceptors (Lipinski definition) is 1. The second kappa shape index (κ2) is 10.8. The molecular formula is C21H37N. The van der Waals surface area contributed by atoms with Crippen LogP contribution in [0, 0.1) is 0 Å². The van der Waals surface area contributed by atoms with Gasteiger partial charge in [-0.1, -0.05) is 96.4 Å². The van der Waals surface area contributed by atoms with Crippen molar-refractivity contribution in [2.24, 2.45) is 5.73 Å². The van der Waals surface area contributed by atoms with Crippen LogP contribution in [0.15, 0.2) is 24.3 Å². The van der Waals surface area contributed by atoms with Gasteiger partial charge in [-0.3, -0.25) is 0 Å². The van der Waals surface area contributed by atoms with Gasteiger partial charge in [0.05, 0.1) is 0 Å². The van der Waals surface area contributed by atoms with Crippen molar-refractivity contribution in [2.75, 3.05) is 0 Å². The summed E-state index contributed by atoms with van der Waals surface area (Å²) in [7, 11) is 0. The molecule has 1 heteroatoms. The van der Waals surface area contributed by atoms with Crippen LogP contribution < -0.4 is 5.73 Å². The molecule has 2 N–H and O–H groups in total. The first-order valence-corrected chi connectivity index (χ1v) is 9.45. The molecule has 0 atom stereocenters. The molecule has 0 bridgehead atoms. The van der Waals surface area contributed by atoms with Crippen molar-refractivity contribution in [3.05, 3.63) is 35.4 Å². The first kappa shape index (κ1) is 19.2. The van der Waals surface area contributed by atoms with Crippen molar-refractivity contribution in [1.82, 2.24) is 0 Å². The van der Waals surface area contributed by atoms with E-state index in [0.29, 0.717) is 12.0 Å². The standard InChI is InChI=1S/C21H37N/c1-4-6-8-10-16-21(3,17-11-9-7-5-2)20-14-12-19(18-22)13-15-20/h12-15H,4-11,16-18,22H2,1-3H3. The summed E-state index contributed by atoms with van der Waals surface area (Å²) in [5.74, 6) is 0. The minimum absolute atomic E-state index is 0.342. The second-order valence-electron chi connectivity index (χ2n) is 7.08. The molecule has 0 heterocycles. The average Bonchev–Trinajstić information content (AvgIpc) is 2.56. The summed E-state index contributed by atoms with van der Waals surface area (Å²) < 4.78 is 0. The van der Waals surface area contributed by atoms with Gasteiger partial charge in [0.15, 0.2) is 0 Å². The zero-order chi connectivity index (χ0) is 16.3. The van der Waals surface area contributed by atoms with Gasteiger partial charge in [0.2, 0.25) is 0 Å². The van der Waals surface area contributed by atoms with Crippen LogP contribution in [0.1, 0.15) is 96.1 Å². The summed E-state index contributed by atoms with van der Waals surface area (Å²) in [5, 5.41) is 0. The van der Waals surface area contributed by atoms with E-state index in [1.165, 1.54) is 75.3 Å². The molecule has 0 saturated carbocycles. The first-order valence-electron chi connectivity index (χ1n) is 9.45. The number of benzene rings is 1. The fourth-order valence-corrected chi connectivity index (χ4v) is 3.34. The van der Waals surface area contributed by atoms with E-state index >= 15 is 0 Å². The lowest BCUT2D eigenvalue weighted by molar-refractivity contribution is 0.364. The highest BCUT2D eigenvalue weighted by Crippen LogP contribution is 2.35. The molecule has 1 nitrogen and oxygen atoms in total. The van der Waals surface area contributed by atoms with E-state index in [1.54, 1.807) is 0 Å². The Balaban J connectivity index is 2.69. The lowest BCUT2D eigenvalue weighted by Gasteiger charge is -2.31. The van der Waals surface area contributed by atoms with Crippen LogP contribution in [0.2, 0.25) is 0 Å². The van der Waals surface area contributed by atoms with Gasteiger partial charge in [0.1, 0.15) is 0 Å². The highest BCUT2D eigenvalue weighted by Gasteiger charge is 2.25. The van der Waals surface area contributed by atoms with E-state index in [-0.39, 0.29) is 0 Å². The molecule has 126 valence electrons. The molecule has 1 aromatic carbocycles. The van der Waals surface area contributed by atoms with Crippen LogP contribution in [0.3, 0.4) is 0 Å². The predicted molar refractivity (Wildman–Crippen MR) is 99.2 cm³/mol. The molecule has 0 amide bonds. The van der Waals surface area contributed by atoms with Gasteiger partial charge >= 0.3 is 0 Å². The minimum Gasteiger partial charge on any atom is -0.326 e. The van der Waals surface area contributed by atoms with Crippen LogP contribution >= 0.6 is 0 Å². The maximum atomic E-state index is 5.74. The van der Waals surface area contributed by atoms with Crippen molar-refractivity contribution in [3.63, 3.8) is 0 Å². The molecule has 0 aliphatic carbocycles. The third-order valence-electron chi connectivity index (χ3n) is 5.05. The van der Waals surface area contributed by atoms with Gasteiger partial charge in [-0.2, -0.15) is 0 Å². The molecule has 22 heavy (non-hydrogen) atoms. The smallest absolute Gasteiger partial charge is 0.0178 e. The number of rotatable bonds is 12. The van der Waals surface area contributed by atoms with Crippen molar-refractivity contribution < 1.29 is 0 Å². The maximum Gasteiger partial charge on any atom is 0.0178 e. The monoisotopic (exact) mass is 303 g/mol. The van der Waals surface area contributed by atoms with Gasteiger partial charge in [-0.15, -0.1) is 0 Å². The van der Waals surface area contributed by atoms with E-state index in [4.69, 9.17) is 5.73 Å². The van der Waals surface area contributed by atoms with Crippen molar-refractivity contribution >= 4 is 0 Å². The zero-order valence-corrected chi connectivity index (χ0v) is 15.2. The Morgan fingerprint density at radius 2 is 1.27 bits per heavy atom. The summed E-state index contributed by atoms with van der Waals surface area (Å²) in [6.45, 7) is 7.69. The molecule has 0 radical (unpaired) electrons. The van der Waals surface area contributed by atoms with Gasteiger partial charge in [-0.05, 0) is 29.4 Å². The predicted octanol–water partition coefficient (Wildman–Crippen LogP) is 6.34. The Bertz CT molecular complexity index is 367. The Morgan fingerprint density at radius 3 is 1.68 bits per heavy atom. The fraction of sp³-hybridized carbons (Fsp3) is 0.714. The molecule has 0 fully saturated rings. The first-order chi connectivity index (χ1) is 10.7. The van der Waals surface area contributed by atoms with Gasteiger partial charge in [0.25, 0.3) is 0 Å². The Kier molecular flexibility index (Phi) is 9.47. The Labute approximate surface area is 138 Å². The minimum atomic E-state index is 0.342. The molecule has 0 aromatic heterocycles. The topological polar surface area (TPSA) is 26.0 Å². The Morgan fingerprint density at radius 1 is 0.773 bits per heavy atom. The Hall–Kier alpha value is -0.820. The van der Waals surface area contributed by atoms with E-state index in [0.717, 1.165) is 0 Å². The molecule has 0 saturated heterocycles. The van der Waals surface area contributed by atoms with Crippen LogP contribution in [0.4, 0.5) is 0 Å². The molecular weight excluding hydrogens is 266 g/mol. The van der Waals surface area contributed by atoms with Crippen LogP contribution in [0.5, 0.6) is 0 Å². The molecule has 0 aliphatic heterocycles. The third-order valence-corrected chi connectivity index (χ3v) is 5.05. The molecule has 0 aliphatic rings. The number of hydrogen-bond donors (Lipinski definition) is 1. The lowest BCUT2D eigenvalue weighted by Crippen LogP contribution is -2.22. The SMILES string of the molecule is CCCCCCC(C)(CCCCCC)c1ccc(CN)cc1. The quantitative estimate of drug-likeness (QED) is 0.448. The lowest BCUT2D eigenvalue weighted by atomic mass is 9.74. The summed E-state index contributed by atoms with van der Waals surface area (Å²) in [6.07, 6.45) is 13.5. The van der Waals surface area contributed by atoms with Crippen molar-refractivity contribution in [2.45, 2.75) is 96.9 Å². The zero-order valence-electron chi connectivity index (χ0n) is 15.2. The summed E-state index contributed by atoms with van der Waals surface area (Å²) in [6, 6.07) is 9.07. The van der Waals surface area contributed by atoms with Crippen LogP contribution in [0.25, 0.3) is 0 Å². The van der Waals surface area contributed by atoms with Gasteiger partial charge in [0, 0.05) is 6.54 Å². The molecule has 0 unspecified atom stereocenters. The summed E-state index contributed by atoms with van der Waals surface area (Å²) >= 11 is 0. The number of unbranched alkanes of at least 4 members (excludes halogenated alkanes) is 6. The van der Waals surface area contributed by atoms with Crippen molar-refractivity contribution in [3.8, 4) is 0 Å². The van der Waals surface area contributed by atoms with E-state index in [9.17, 15) is 0 Å². The molecule has 0 spiro atoms. The van der Waals surface area contributed by atoms with Crippen LogP contribution in [-0.4, -0.2) is 0 Å². The molecule has 1 aromatic rings. The van der Waals surface area contributed by atoms with E-state index in [1.807, 2.05) is 0 Å². The van der Waals surface area contributed by atoms with E-state index in [2.05, 4.69) is 45.0 Å². The second-order valence-corrected chi connectivity index (χ2v) is 7.08. The van der Waals surface area contributed by atoms with E-state index < -0.39 is 0 Å². The highest BCUT2D eigenvalue weighted by atomic mass is 14.5.